The van der Waals surface area contributed by atoms with E-state index in [1.165, 1.54) is 18.2 Å². The summed E-state index contributed by atoms with van der Waals surface area (Å²) in [7, 11) is 0. The molecule has 0 unspecified atom stereocenters. The second-order valence-corrected chi connectivity index (χ2v) is 5.87. The van der Waals surface area contributed by atoms with Gasteiger partial charge in [0.1, 0.15) is 0 Å². The van der Waals surface area contributed by atoms with Crippen LogP contribution in [0.1, 0.15) is 16.7 Å². The summed E-state index contributed by atoms with van der Waals surface area (Å²) in [5.41, 5.74) is 2.36. The van der Waals surface area contributed by atoms with Gasteiger partial charge in [0.25, 0.3) is 0 Å². The maximum atomic E-state index is 10.1. The molecule has 3 N–H and O–H groups in total. The Morgan fingerprint density at radius 2 is 0.824 bits per heavy atom. The van der Waals surface area contributed by atoms with Gasteiger partial charge in [-0.3, -0.25) is 15.0 Å². The summed E-state index contributed by atoms with van der Waals surface area (Å²) in [5, 5.41) is 24.8. The molecular formula is C24H21EuN3O6. The molecule has 9 nitrogen and oxygen atoms in total. The quantitative estimate of drug-likeness (QED) is 0.362. The molecule has 10 heteroatoms. The van der Waals surface area contributed by atoms with E-state index in [1.807, 2.05) is 0 Å². The number of carbonyl (C=O) groups is 3. The Morgan fingerprint density at radius 3 is 1.00 bits per heavy atom. The van der Waals surface area contributed by atoms with Crippen molar-refractivity contribution in [3.63, 3.8) is 0 Å². The summed E-state index contributed by atoms with van der Waals surface area (Å²) in [4.78, 5) is 41.7. The van der Waals surface area contributed by atoms with Crippen LogP contribution in [0.2, 0.25) is 0 Å². The molecule has 0 atom stereocenters. The zero-order valence-corrected chi connectivity index (χ0v) is 20.1. The van der Waals surface area contributed by atoms with Gasteiger partial charge in [0, 0.05) is 105 Å². The van der Waals surface area contributed by atoms with Crippen molar-refractivity contribution in [2.45, 2.75) is 0 Å². The fourth-order valence-electron chi connectivity index (χ4n) is 1.93. The van der Waals surface area contributed by atoms with Gasteiger partial charge < -0.3 is 15.3 Å². The summed E-state index contributed by atoms with van der Waals surface area (Å²) in [6.07, 6.45) is 17.4. The molecule has 0 fully saturated rings. The first-order chi connectivity index (χ1) is 15.9. The van der Waals surface area contributed by atoms with E-state index in [9.17, 15) is 14.4 Å². The Balaban J connectivity index is 0.000000473. The zero-order chi connectivity index (χ0) is 24.3. The van der Waals surface area contributed by atoms with Crippen LogP contribution in [0.15, 0.2) is 91.8 Å². The van der Waals surface area contributed by atoms with Crippen LogP contribution in [0.4, 0.5) is 0 Å². The van der Waals surface area contributed by atoms with Gasteiger partial charge in [-0.15, -0.1) is 0 Å². The van der Waals surface area contributed by atoms with Crippen molar-refractivity contribution >= 4 is 36.1 Å². The van der Waals surface area contributed by atoms with Crippen molar-refractivity contribution in [2.75, 3.05) is 0 Å². The van der Waals surface area contributed by atoms with Crippen molar-refractivity contribution in [1.82, 2.24) is 15.0 Å². The van der Waals surface area contributed by atoms with E-state index >= 15 is 0 Å². The van der Waals surface area contributed by atoms with E-state index in [1.54, 1.807) is 73.6 Å². The number of carboxylic acid groups (broad SMARTS) is 3. The number of carboxylic acids is 3. The third kappa shape index (κ3) is 17.2. The first-order valence-electron chi connectivity index (χ1n) is 9.30. The number of hydrogen-bond acceptors (Lipinski definition) is 6. The predicted molar refractivity (Wildman–Crippen MR) is 123 cm³/mol. The first-order valence-corrected chi connectivity index (χ1v) is 9.30. The normalized spacial score (nSPS) is 9.88. The minimum atomic E-state index is -0.950. The SMILES string of the molecule is O=C(O)C=Cc1cccnc1.O=C(O)C=Cc1cccnc1.O=C(O)C=Cc1cccnc1.[Eu]. The summed E-state index contributed by atoms with van der Waals surface area (Å²) in [5.74, 6) is -2.85. The van der Waals surface area contributed by atoms with Crippen LogP contribution < -0.4 is 0 Å². The average molecular weight is 599 g/mol. The molecule has 0 bridgehead atoms. The fourth-order valence-corrected chi connectivity index (χ4v) is 1.93. The van der Waals surface area contributed by atoms with E-state index in [0.717, 1.165) is 34.9 Å². The average Bonchev–Trinajstić information content (AvgIpc) is 2.83. The van der Waals surface area contributed by atoms with Gasteiger partial charge in [0.15, 0.2) is 0 Å². The zero-order valence-electron chi connectivity index (χ0n) is 17.7. The van der Waals surface area contributed by atoms with Crippen molar-refractivity contribution in [3.8, 4) is 0 Å². The molecule has 0 aliphatic rings. The van der Waals surface area contributed by atoms with Crippen LogP contribution in [-0.2, 0) is 14.4 Å². The fraction of sp³-hybridized carbons (Fsp3) is 0. The van der Waals surface area contributed by atoms with E-state index in [2.05, 4.69) is 15.0 Å². The number of rotatable bonds is 6. The maximum absolute atomic E-state index is 10.1. The molecule has 3 aromatic rings. The number of pyridine rings is 3. The van der Waals surface area contributed by atoms with Gasteiger partial charge in [-0.05, 0) is 53.1 Å². The number of aliphatic carboxylic acids is 3. The van der Waals surface area contributed by atoms with Gasteiger partial charge in [-0.2, -0.15) is 0 Å². The van der Waals surface area contributed by atoms with Crippen molar-refractivity contribution in [2.24, 2.45) is 0 Å². The van der Waals surface area contributed by atoms with Gasteiger partial charge in [0.05, 0.1) is 0 Å². The molecule has 175 valence electrons. The molecular weight excluding hydrogens is 578 g/mol. The predicted octanol–water partition coefficient (Wildman–Crippen LogP) is 3.54. The van der Waals surface area contributed by atoms with Gasteiger partial charge in [-0.1, -0.05) is 18.2 Å². The van der Waals surface area contributed by atoms with E-state index in [4.69, 9.17) is 15.3 Å². The van der Waals surface area contributed by atoms with E-state index in [0.29, 0.717) is 0 Å². The molecule has 3 heterocycles. The Bertz CT molecular complexity index is 948. The Kier molecular flexibility index (Phi) is 17.3. The summed E-state index contributed by atoms with van der Waals surface area (Å²) < 4.78 is 0. The third-order valence-electron chi connectivity index (χ3n) is 3.31. The van der Waals surface area contributed by atoms with Crippen LogP contribution >= 0.6 is 0 Å². The number of nitrogens with zero attached hydrogens (tertiary/aromatic N) is 3. The molecule has 3 aromatic heterocycles. The monoisotopic (exact) mass is 600 g/mol. The summed E-state index contributed by atoms with van der Waals surface area (Å²) >= 11 is 0. The van der Waals surface area contributed by atoms with Gasteiger partial charge >= 0.3 is 17.9 Å². The molecule has 0 saturated heterocycles. The molecule has 0 amide bonds. The van der Waals surface area contributed by atoms with Crippen LogP contribution in [0, 0.1) is 49.4 Å². The topological polar surface area (TPSA) is 151 Å². The largest absolute Gasteiger partial charge is 0.478 e. The molecule has 0 aliphatic heterocycles. The van der Waals surface area contributed by atoms with Crippen LogP contribution in [0.5, 0.6) is 0 Å². The van der Waals surface area contributed by atoms with Crippen molar-refractivity contribution < 1.29 is 79.1 Å². The smallest absolute Gasteiger partial charge is 0.328 e. The van der Waals surface area contributed by atoms with Gasteiger partial charge in [-0.25, -0.2) is 14.4 Å². The molecule has 0 saturated carbocycles. The maximum Gasteiger partial charge on any atom is 0.328 e. The van der Waals surface area contributed by atoms with E-state index < -0.39 is 17.9 Å². The Hall–Kier alpha value is -3.34. The third-order valence-corrected chi connectivity index (χ3v) is 3.31. The molecule has 34 heavy (non-hydrogen) atoms. The molecule has 0 aromatic carbocycles. The minimum absolute atomic E-state index is 0. The van der Waals surface area contributed by atoms with Crippen LogP contribution in [0.25, 0.3) is 18.2 Å². The van der Waals surface area contributed by atoms with E-state index in [-0.39, 0.29) is 49.4 Å². The molecule has 3 rings (SSSR count). The second-order valence-electron chi connectivity index (χ2n) is 5.87. The molecule has 1 radical (unpaired) electrons. The van der Waals surface area contributed by atoms with Gasteiger partial charge in [0.2, 0.25) is 0 Å². The van der Waals surface area contributed by atoms with Crippen molar-refractivity contribution in [3.05, 3.63) is 108 Å². The Labute approximate surface area is 236 Å². The summed E-state index contributed by atoms with van der Waals surface area (Å²) in [6, 6.07) is 10.6. The first kappa shape index (κ1) is 30.7. The second kappa shape index (κ2) is 19.2. The molecule has 0 spiro atoms. The number of aromatic nitrogens is 3. The van der Waals surface area contributed by atoms with Crippen molar-refractivity contribution in [1.29, 1.82) is 0 Å². The van der Waals surface area contributed by atoms with Crippen LogP contribution in [0.3, 0.4) is 0 Å². The van der Waals surface area contributed by atoms with Crippen LogP contribution in [-0.4, -0.2) is 48.2 Å². The number of hydrogen-bond donors (Lipinski definition) is 3. The Morgan fingerprint density at radius 1 is 0.559 bits per heavy atom. The molecule has 0 aliphatic carbocycles. The minimum Gasteiger partial charge on any atom is -0.478 e. The standard InChI is InChI=1S/3C8H7NO2.Eu/c3*10-8(11)4-3-7-2-1-5-9-6-7;/h3*1-6H,(H,10,11);. The summed E-state index contributed by atoms with van der Waals surface area (Å²) in [6.45, 7) is 0.